The third-order valence-corrected chi connectivity index (χ3v) is 4.34. The average molecular weight is 366 g/mol. The van der Waals surface area contributed by atoms with Gasteiger partial charge in [0.05, 0.1) is 13.7 Å². The van der Waals surface area contributed by atoms with Gasteiger partial charge in [-0.2, -0.15) is 0 Å². The van der Waals surface area contributed by atoms with E-state index in [-0.39, 0.29) is 24.6 Å². The van der Waals surface area contributed by atoms with E-state index in [1.54, 1.807) is 31.4 Å². The normalized spacial score (nSPS) is 10.8. The van der Waals surface area contributed by atoms with Crippen LogP contribution in [-0.4, -0.2) is 31.7 Å². The number of aromatic nitrogens is 1. The molecule has 6 heteroatoms. The Hall–Kier alpha value is -3.12. The molecule has 0 unspecified atom stereocenters. The molecule has 27 heavy (non-hydrogen) atoms. The Morgan fingerprint density at radius 1 is 1.11 bits per heavy atom. The molecule has 0 aliphatic carbocycles. The van der Waals surface area contributed by atoms with E-state index in [0.29, 0.717) is 17.0 Å². The first-order chi connectivity index (χ1) is 13.0. The van der Waals surface area contributed by atoms with Crippen LogP contribution in [0.3, 0.4) is 0 Å². The number of fused-ring (bicyclic) bond motifs is 1. The third-order valence-electron chi connectivity index (χ3n) is 4.34. The summed E-state index contributed by atoms with van der Waals surface area (Å²) in [7, 11) is 3.03. The van der Waals surface area contributed by atoms with Gasteiger partial charge in [-0.15, -0.1) is 0 Å². The first-order valence-corrected chi connectivity index (χ1v) is 8.57. The number of anilines is 1. The van der Waals surface area contributed by atoms with Gasteiger partial charge in [0.25, 0.3) is 11.5 Å². The fraction of sp³-hybridized carbons (Fsp3) is 0.238. The average Bonchev–Trinajstić information content (AvgIpc) is 2.66. The van der Waals surface area contributed by atoms with Gasteiger partial charge in [-0.05, 0) is 42.6 Å². The second-order valence-corrected chi connectivity index (χ2v) is 6.33. The number of benzene rings is 2. The molecule has 1 N–H and O–H groups in total. The van der Waals surface area contributed by atoms with Crippen molar-refractivity contribution in [2.24, 2.45) is 0 Å². The van der Waals surface area contributed by atoms with Crippen LogP contribution in [0, 0.1) is 6.92 Å². The molecule has 0 saturated heterocycles. The van der Waals surface area contributed by atoms with Gasteiger partial charge >= 0.3 is 0 Å². The van der Waals surface area contributed by atoms with Crippen molar-refractivity contribution < 1.29 is 14.3 Å². The van der Waals surface area contributed by atoms with Crippen molar-refractivity contribution in [1.82, 2.24) is 4.98 Å². The molecular formula is C21H22N2O4. The van der Waals surface area contributed by atoms with Gasteiger partial charge in [0.2, 0.25) is 0 Å². The highest BCUT2D eigenvalue weighted by Crippen LogP contribution is 2.23. The number of amides is 1. The zero-order valence-electron chi connectivity index (χ0n) is 15.6. The van der Waals surface area contributed by atoms with E-state index in [9.17, 15) is 9.59 Å². The number of aromatic amines is 1. The van der Waals surface area contributed by atoms with E-state index in [0.717, 1.165) is 16.5 Å². The van der Waals surface area contributed by atoms with Crippen LogP contribution in [0.25, 0.3) is 10.9 Å². The third kappa shape index (κ3) is 4.17. The standard InChI is InChI=1S/C21H22N2O4/c1-14-7-8-19-15(9-14)10-16(21(25)22-19)12-23(20(24)13-26-2)17-5-4-6-18(11-17)27-3/h4-11H,12-13H2,1-3H3,(H,22,25). The van der Waals surface area contributed by atoms with Crippen LogP contribution in [0.5, 0.6) is 5.75 Å². The zero-order valence-corrected chi connectivity index (χ0v) is 15.6. The number of carbonyl (C=O) groups is 1. The first-order valence-electron chi connectivity index (χ1n) is 8.57. The summed E-state index contributed by atoms with van der Waals surface area (Å²) in [4.78, 5) is 29.6. The Morgan fingerprint density at radius 3 is 2.67 bits per heavy atom. The van der Waals surface area contributed by atoms with Crippen molar-refractivity contribution in [3.05, 3.63) is 70.0 Å². The zero-order chi connectivity index (χ0) is 19.4. The second-order valence-electron chi connectivity index (χ2n) is 6.33. The van der Waals surface area contributed by atoms with E-state index in [1.165, 1.54) is 12.0 Å². The molecule has 3 aromatic rings. The molecular weight excluding hydrogens is 344 g/mol. The lowest BCUT2D eigenvalue weighted by Crippen LogP contribution is -2.35. The van der Waals surface area contributed by atoms with Crippen LogP contribution >= 0.6 is 0 Å². The monoisotopic (exact) mass is 366 g/mol. The molecule has 0 aliphatic heterocycles. The highest BCUT2D eigenvalue weighted by atomic mass is 16.5. The Labute approximate surface area is 157 Å². The molecule has 0 spiro atoms. The number of pyridine rings is 1. The lowest BCUT2D eigenvalue weighted by molar-refractivity contribution is -0.122. The number of nitrogens with zero attached hydrogens (tertiary/aromatic N) is 1. The summed E-state index contributed by atoms with van der Waals surface area (Å²) in [6.07, 6.45) is 0. The van der Waals surface area contributed by atoms with Gasteiger partial charge in [-0.3, -0.25) is 9.59 Å². The van der Waals surface area contributed by atoms with Gasteiger partial charge < -0.3 is 19.4 Å². The quantitative estimate of drug-likeness (QED) is 0.728. The van der Waals surface area contributed by atoms with Gasteiger partial charge in [0.1, 0.15) is 12.4 Å². The summed E-state index contributed by atoms with van der Waals surface area (Å²) >= 11 is 0. The minimum Gasteiger partial charge on any atom is -0.497 e. The molecule has 0 aliphatic rings. The van der Waals surface area contributed by atoms with Crippen molar-refractivity contribution in [3.63, 3.8) is 0 Å². The van der Waals surface area contributed by atoms with E-state index in [2.05, 4.69) is 4.98 Å². The molecule has 1 heterocycles. The molecule has 0 bridgehead atoms. The summed E-state index contributed by atoms with van der Waals surface area (Å²) < 4.78 is 10.3. The molecule has 3 rings (SSSR count). The van der Waals surface area contributed by atoms with Gasteiger partial charge in [0.15, 0.2) is 0 Å². The number of rotatable bonds is 6. The maximum atomic E-state index is 12.6. The maximum absolute atomic E-state index is 12.6. The summed E-state index contributed by atoms with van der Waals surface area (Å²) in [5.74, 6) is 0.389. The van der Waals surface area contributed by atoms with Crippen LogP contribution in [0.4, 0.5) is 5.69 Å². The number of aryl methyl sites for hydroxylation is 1. The molecule has 0 fully saturated rings. The van der Waals surface area contributed by atoms with Gasteiger partial charge in [0, 0.05) is 29.9 Å². The fourth-order valence-corrected chi connectivity index (χ4v) is 2.96. The molecule has 0 atom stereocenters. The predicted molar refractivity (Wildman–Crippen MR) is 105 cm³/mol. The van der Waals surface area contributed by atoms with Crippen molar-refractivity contribution in [2.45, 2.75) is 13.5 Å². The molecule has 1 amide bonds. The number of ether oxygens (including phenoxy) is 2. The lowest BCUT2D eigenvalue weighted by atomic mass is 10.1. The maximum Gasteiger partial charge on any atom is 0.253 e. The second kappa shape index (κ2) is 8.05. The molecule has 1 aromatic heterocycles. The molecule has 6 nitrogen and oxygen atoms in total. The van der Waals surface area contributed by atoms with Crippen molar-refractivity contribution in [1.29, 1.82) is 0 Å². The SMILES string of the molecule is COCC(=O)N(Cc1cc2cc(C)ccc2[nH]c1=O)c1cccc(OC)c1. The Morgan fingerprint density at radius 2 is 1.93 bits per heavy atom. The van der Waals surface area contributed by atoms with Gasteiger partial charge in [-0.1, -0.05) is 17.7 Å². The van der Waals surface area contributed by atoms with Crippen LogP contribution in [-0.2, 0) is 16.1 Å². The van der Waals surface area contributed by atoms with Crippen molar-refractivity contribution in [3.8, 4) is 5.75 Å². The largest absolute Gasteiger partial charge is 0.497 e. The van der Waals surface area contributed by atoms with Gasteiger partial charge in [-0.25, -0.2) is 0 Å². The summed E-state index contributed by atoms with van der Waals surface area (Å²) in [6.45, 7) is 2.05. The summed E-state index contributed by atoms with van der Waals surface area (Å²) in [5.41, 5.74) is 2.79. The van der Waals surface area contributed by atoms with E-state index < -0.39 is 0 Å². The minimum absolute atomic E-state index is 0.0815. The summed E-state index contributed by atoms with van der Waals surface area (Å²) in [5, 5.41) is 0.925. The van der Waals surface area contributed by atoms with Crippen molar-refractivity contribution >= 4 is 22.5 Å². The fourth-order valence-electron chi connectivity index (χ4n) is 2.96. The highest BCUT2D eigenvalue weighted by Gasteiger charge is 2.18. The van der Waals surface area contributed by atoms with Crippen LogP contribution in [0.15, 0.2) is 53.3 Å². The number of hydrogen-bond acceptors (Lipinski definition) is 4. The number of nitrogens with one attached hydrogen (secondary N) is 1. The lowest BCUT2D eigenvalue weighted by Gasteiger charge is -2.23. The number of methoxy groups -OCH3 is 2. The summed E-state index contributed by atoms with van der Waals surface area (Å²) in [6, 6.07) is 14.8. The number of carbonyl (C=O) groups excluding carboxylic acids is 1. The van der Waals surface area contributed by atoms with Crippen molar-refractivity contribution in [2.75, 3.05) is 25.7 Å². The number of hydrogen-bond donors (Lipinski definition) is 1. The van der Waals surface area contributed by atoms with Crippen LogP contribution < -0.4 is 15.2 Å². The first kappa shape index (κ1) is 18.7. The van der Waals surface area contributed by atoms with Crippen LogP contribution in [0.1, 0.15) is 11.1 Å². The Balaban J connectivity index is 2.03. The molecule has 0 saturated carbocycles. The smallest absolute Gasteiger partial charge is 0.253 e. The van der Waals surface area contributed by atoms with E-state index >= 15 is 0 Å². The highest BCUT2D eigenvalue weighted by molar-refractivity contribution is 5.94. The minimum atomic E-state index is -0.241. The molecule has 140 valence electrons. The Kier molecular flexibility index (Phi) is 5.57. The number of H-pyrrole nitrogens is 1. The predicted octanol–water partition coefficient (Wildman–Crippen LogP) is 3.02. The molecule has 2 aromatic carbocycles. The molecule has 0 radical (unpaired) electrons. The topological polar surface area (TPSA) is 71.6 Å². The van der Waals surface area contributed by atoms with E-state index in [4.69, 9.17) is 9.47 Å². The Bertz CT molecular complexity index is 1030. The van der Waals surface area contributed by atoms with E-state index in [1.807, 2.05) is 31.2 Å². The van der Waals surface area contributed by atoms with Crippen LogP contribution in [0.2, 0.25) is 0 Å².